The number of carbonyl (C=O) groups excluding carboxylic acids is 1. The number of piperidine rings is 1. The molecule has 1 saturated heterocycles. The molecule has 2 amide bonds. The number of anilines is 1. The van der Waals surface area contributed by atoms with Crippen molar-refractivity contribution in [2.24, 2.45) is 7.05 Å². The van der Waals surface area contributed by atoms with E-state index < -0.39 is 0 Å². The number of aryl methyl sites for hydroxylation is 1. The Bertz CT molecular complexity index is 406. The van der Waals surface area contributed by atoms with Crippen molar-refractivity contribution in [1.82, 2.24) is 19.6 Å². The molecule has 0 atom stereocenters. The third kappa shape index (κ3) is 2.81. The van der Waals surface area contributed by atoms with Gasteiger partial charge >= 0.3 is 6.03 Å². The molecular formula is C12H21N5O. The summed E-state index contributed by atoms with van der Waals surface area (Å²) >= 11 is 0. The Labute approximate surface area is 108 Å². The number of likely N-dealkylation sites (tertiary alicyclic amines) is 1. The molecule has 2 heterocycles. The summed E-state index contributed by atoms with van der Waals surface area (Å²) in [7, 11) is 6.00. The highest BCUT2D eigenvalue weighted by Gasteiger charge is 2.24. The van der Waals surface area contributed by atoms with E-state index in [1.54, 1.807) is 16.9 Å². The number of nitrogens with zero attached hydrogens (tertiary/aromatic N) is 4. The van der Waals surface area contributed by atoms with Crippen molar-refractivity contribution in [3.63, 3.8) is 0 Å². The number of hydrogen-bond acceptors (Lipinski definition) is 3. The minimum Gasteiger partial charge on any atom is -0.324 e. The highest BCUT2D eigenvalue weighted by atomic mass is 16.2. The lowest BCUT2D eigenvalue weighted by molar-refractivity contribution is 0.156. The van der Waals surface area contributed by atoms with Crippen molar-refractivity contribution >= 4 is 11.8 Å². The van der Waals surface area contributed by atoms with Gasteiger partial charge in [-0.15, -0.1) is 0 Å². The third-order valence-electron chi connectivity index (χ3n) is 3.54. The van der Waals surface area contributed by atoms with Crippen molar-refractivity contribution < 1.29 is 4.79 Å². The fourth-order valence-electron chi connectivity index (χ4n) is 2.27. The summed E-state index contributed by atoms with van der Waals surface area (Å²) in [5.41, 5.74) is 0. The zero-order chi connectivity index (χ0) is 13.1. The van der Waals surface area contributed by atoms with Gasteiger partial charge in [-0.25, -0.2) is 4.79 Å². The first-order valence-electron chi connectivity index (χ1n) is 6.28. The number of aromatic nitrogens is 2. The molecule has 0 aromatic carbocycles. The Morgan fingerprint density at radius 2 is 2.11 bits per heavy atom. The summed E-state index contributed by atoms with van der Waals surface area (Å²) in [5, 5.41) is 6.90. The lowest BCUT2D eigenvalue weighted by Gasteiger charge is -2.35. The number of amides is 2. The quantitative estimate of drug-likeness (QED) is 0.852. The fraction of sp³-hybridized carbons (Fsp3) is 0.667. The van der Waals surface area contributed by atoms with Crippen LogP contribution in [0.5, 0.6) is 0 Å². The second-order valence-electron chi connectivity index (χ2n) is 4.95. The van der Waals surface area contributed by atoms with Gasteiger partial charge in [-0.1, -0.05) is 0 Å². The number of hydrogen-bond donors (Lipinski definition) is 1. The normalized spacial score (nSPS) is 17.2. The predicted octanol–water partition coefficient (Wildman–Crippen LogP) is 0.978. The van der Waals surface area contributed by atoms with Crippen molar-refractivity contribution in [3.8, 4) is 0 Å². The van der Waals surface area contributed by atoms with Crippen LogP contribution in [0.3, 0.4) is 0 Å². The predicted molar refractivity (Wildman–Crippen MR) is 70.5 cm³/mol. The van der Waals surface area contributed by atoms with E-state index in [4.69, 9.17) is 0 Å². The third-order valence-corrected chi connectivity index (χ3v) is 3.54. The first kappa shape index (κ1) is 12.9. The second kappa shape index (κ2) is 5.39. The van der Waals surface area contributed by atoms with Gasteiger partial charge in [0.25, 0.3) is 0 Å². The van der Waals surface area contributed by atoms with E-state index in [0.29, 0.717) is 6.04 Å². The van der Waals surface area contributed by atoms with E-state index >= 15 is 0 Å². The molecule has 0 unspecified atom stereocenters. The molecule has 1 N–H and O–H groups in total. The molecule has 0 aliphatic carbocycles. The van der Waals surface area contributed by atoms with Gasteiger partial charge in [-0.05, 0) is 26.9 Å². The van der Waals surface area contributed by atoms with Crippen LogP contribution in [-0.2, 0) is 7.05 Å². The smallest absolute Gasteiger partial charge is 0.323 e. The van der Waals surface area contributed by atoms with Crippen LogP contribution in [0.4, 0.5) is 10.6 Å². The Morgan fingerprint density at radius 3 is 2.61 bits per heavy atom. The number of nitrogens with one attached hydrogen (secondary N) is 1. The van der Waals surface area contributed by atoms with Crippen LogP contribution in [0.15, 0.2) is 12.3 Å². The SMILES string of the molecule is CN(C)C1CCN(C(=O)Nc2ccnn2C)CC1. The molecule has 1 aromatic rings. The highest BCUT2D eigenvalue weighted by Crippen LogP contribution is 2.15. The lowest BCUT2D eigenvalue weighted by Crippen LogP contribution is -2.46. The van der Waals surface area contributed by atoms with E-state index in [2.05, 4.69) is 29.4 Å². The van der Waals surface area contributed by atoms with Gasteiger partial charge in [-0.2, -0.15) is 5.10 Å². The summed E-state index contributed by atoms with van der Waals surface area (Å²) in [6.07, 6.45) is 3.74. The minimum atomic E-state index is -0.0317. The lowest BCUT2D eigenvalue weighted by atomic mass is 10.0. The Balaban J connectivity index is 1.86. The molecular weight excluding hydrogens is 230 g/mol. The molecule has 18 heavy (non-hydrogen) atoms. The first-order chi connectivity index (χ1) is 8.58. The highest BCUT2D eigenvalue weighted by molar-refractivity contribution is 5.88. The van der Waals surface area contributed by atoms with Crippen molar-refractivity contribution in [2.75, 3.05) is 32.5 Å². The molecule has 0 bridgehead atoms. The van der Waals surface area contributed by atoms with Crippen LogP contribution in [0.2, 0.25) is 0 Å². The molecule has 0 spiro atoms. The maximum Gasteiger partial charge on any atom is 0.323 e. The molecule has 6 heteroatoms. The Hall–Kier alpha value is -1.56. The average Bonchev–Trinajstić information content (AvgIpc) is 2.75. The van der Waals surface area contributed by atoms with Crippen LogP contribution < -0.4 is 5.32 Å². The first-order valence-corrected chi connectivity index (χ1v) is 6.28. The zero-order valence-electron chi connectivity index (χ0n) is 11.3. The Kier molecular flexibility index (Phi) is 3.86. The second-order valence-corrected chi connectivity index (χ2v) is 4.95. The van der Waals surface area contributed by atoms with Crippen molar-refractivity contribution in [2.45, 2.75) is 18.9 Å². The van der Waals surface area contributed by atoms with E-state index in [9.17, 15) is 4.79 Å². The zero-order valence-corrected chi connectivity index (χ0v) is 11.3. The van der Waals surface area contributed by atoms with Crippen molar-refractivity contribution in [3.05, 3.63) is 12.3 Å². The van der Waals surface area contributed by atoms with E-state index in [1.807, 2.05) is 11.9 Å². The average molecular weight is 251 g/mol. The molecule has 6 nitrogen and oxygen atoms in total. The molecule has 100 valence electrons. The number of urea groups is 1. The minimum absolute atomic E-state index is 0.0317. The maximum absolute atomic E-state index is 12.1. The maximum atomic E-state index is 12.1. The largest absolute Gasteiger partial charge is 0.324 e. The summed E-state index contributed by atoms with van der Waals surface area (Å²) in [5.74, 6) is 0.731. The Morgan fingerprint density at radius 1 is 1.44 bits per heavy atom. The van der Waals surface area contributed by atoms with Crippen molar-refractivity contribution in [1.29, 1.82) is 0 Å². The van der Waals surface area contributed by atoms with E-state index in [1.165, 1.54) is 0 Å². The summed E-state index contributed by atoms with van der Waals surface area (Å²) in [6.45, 7) is 1.62. The molecule has 0 saturated carbocycles. The van der Waals surface area contributed by atoms with Gasteiger partial charge in [0.05, 0.1) is 6.20 Å². The standard InChI is InChI=1S/C12H21N5O/c1-15(2)10-5-8-17(9-6-10)12(18)14-11-4-7-13-16(11)3/h4,7,10H,5-6,8-9H2,1-3H3,(H,14,18). The van der Waals surface area contributed by atoms with Crippen LogP contribution in [0.1, 0.15) is 12.8 Å². The van der Waals surface area contributed by atoms with Gasteiger partial charge in [-0.3, -0.25) is 10.00 Å². The fourth-order valence-corrected chi connectivity index (χ4v) is 2.27. The van der Waals surface area contributed by atoms with Gasteiger partial charge in [0, 0.05) is 32.2 Å². The monoisotopic (exact) mass is 251 g/mol. The number of carbonyl (C=O) groups is 1. The molecule has 1 aliphatic heterocycles. The number of rotatable bonds is 2. The van der Waals surface area contributed by atoms with E-state index in [0.717, 1.165) is 31.7 Å². The van der Waals surface area contributed by atoms with Crippen LogP contribution in [-0.4, -0.2) is 58.8 Å². The molecule has 1 fully saturated rings. The van der Waals surface area contributed by atoms with Gasteiger partial charge in [0.1, 0.15) is 5.82 Å². The van der Waals surface area contributed by atoms with Crippen LogP contribution in [0, 0.1) is 0 Å². The molecule has 1 aliphatic rings. The van der Waals surface area contributed by atoms with Gasteiger partial charge in [0.2, 0.25) is 0 Å². The summed E-state index contributed by atoms with van der Waals surface area (Å²) in [6, 6.07) is 2.35. The topological polar surface area (TPSA) is 53.4 Å². The summed E-state index contributed by atoms with van der Waals surface area (Å²) in [4.78, 5) is 16.2. The van der Waals surface area contributed by atoms with Crippen LogP contribution >= 0.6 is 0 Å². The van der Waals surface area contributed by atoms with E-state index in [-0.39, 0.29) is 6.03 Å². The summed E-state index contributed by atoms with van der Waals surface area (Å²) < 4.78 is 1.66. The molecule has 2 rings (SSSR count). The van der Waals surface area contributed by atoms with Gasteiger partial charge in [0.15, 0.2) is 0 Å². The molecule has 0 radical (unpaired) electrons. The van der Waals surface area contributed by atoms with Crippen LogP contribution in [0.25, 0.3) is 0 Å². The molecule has 1 aromatic heterocycles. The van der Waals surface area contributed by atoms with Gasteiger partial charge < -0.3 is 9.80 Å².